The molecule has 0 amide bonds. The summed E-state index contributed by atoms with van der Waals surface area (Å²) in [6, 6.07) is 14.1. The second-order valence-electron chi connectivity index (χ2n) is 9.31. The Hall–Kier alpha value is -2.60. The number of hydrogen-bond donors (Lipinski definition) is 0. The van der Waals surface area contributed by atoms with Gasteiger partial charge in [0, 0.05) is 0 Å². The van der Waals surface area contributed by atoms with Crippen molar-refractivity contribution < 1.29 is 28.5 Å². The molecule has 0 radical (unpaired) electrons. The Bertz CT molecular complexity index is 897. The number of esters is 2. The summed E-state index contributed by atoms with van der Waals surface area (Å²) >= 11 is 0. The van der Waals surface area contributed by atoms with Gasteiger partial charge in [-0.15, -0.1) is 0 Å². The Labute approximate surface area is 246 Å². The Balaban J connectivity index is -0.00000342. The molecule has 2 rings (SSSR count). The number of hydrogen-bond acceptors (Lipinski definition) is 6. The van der Waals surface area contributed by atoms with Gasteiger partial charge in [0.15, 0.2) is 0 Å². The first kappa shape index (κ1) is 41.9. The van der Waals surface area contributed by atoms with Crippen LogP contribution in [0.3, 0.4) is 0 Å². The van der Waals surface area contributed by atoms with Crippen LogP contribution in [0.15, 0.2) is 42.5 Å². The van der Waals surface area contributed by atoms with Crippen molar-refractivity contribution >= 4 is 22.7 Å². The van der Waals surface area contributed by atoms with E-state index in [-0.39, 0.29) is 60.1 Å². The number of fused-ring (bicyclic) bond motifs is 1. The van der Waals surface area contributed by atoms with Gasteiger partial charge in [0.25, 0.3) is 0 Å². The normalized spacial score (nSPS) is 11.5. The molecule has 0 saturated heterocycles. The van der Waals surface area contributed by atoms with Crippen molar-refractivity contribution in [2.75, 3.05) is 33.0 Å². The van der Waals surface area contributed by atoms with E-state index in [0.29, 0.717) is 39.3 Å². The molecule has 0 aliphatic heterocycles. The third-order valence-electron chi connectivity index (χ3n) is 6.30. The van der Waals surface area contributed by atoms with Gasteiger partial charge in [0.2, 0.25) is 0 Å². The predicted octanol–water partition coefficient (Wildman–Crippen LogP) is 9.28. The minimum absolute atomic E-state index is 0. The molecule has 6 nitrogen and oxygen atoms in total. The molecule has 232 valence electrons. The molecule has 0 aliphatic rings. The van der Waals surface area contributed by atoms with Crippen molar-refractivity contribution in [1.29, 1.82) is 0 Å². The first-order chi connectivity index (χ1) is 17.5. The Morgan fingerprint density at radius 1 is 0.700 bits per heavy atom. The summed E-state index contributed by atoms with van der Waals surface area (Å²) in [6.07, 6.45) is 7.99. The van der Waals surface area contributed by atoms with E-state index in [1.807, 2.05) is 37.3 Å². The molecule has 0 aromatic heterocycles. The Morgan fingerprint density at radius 3 is 2.02 bits per heavy atom. The number of benzene rings is 2. The fraction of sp³-hybridized carbons (Fsp3) is 0.647. The zero-order valence-corrected chi connectivity index (χ0v) is 22.3. The van der Waals surface area contributed by atoms with Crippen LogP contribution in [0.5, 0.6) is 5.75 Å². The molecule has 2 unspecified atom stereocenters. The number of rotatable bonds is 19. The summed E-state index contributed by atoms with van der Waals surface area (Å²) in [5.74, 6) is -0.369. The van der Waals surface area contributed by atoms with Gasteiger partial charge in [0.1, 0.15) is 19.0 Å². The summed E-state index contributed by atoms with van der Waals surface area (Å²) in [6.45, 7) is 7.70. The molecule has 2 aromatic carbocycles. The van der Waals surface area contributed by atoms with Gasteiger partial charge in [0.05, 0.1) is 31.7 Å². The molecule has 0 aliphatic carbocycles. The second kappa shape index (κ2) is 25.4. The van der Waals surface area contributed by atoms with E-state index in [2.05, 4.69) is 19.1 Å². The van der Waals surface area contributed by atoms with Crippen LogP contribution >= 0.6 is 0 Å². The van der Waals surface area contributed by atoms with Crippen molar-refractivity contribution in [2.45, 2.75) is 102 Å². The molecule has 2 aromatic rings. The second-order valence-corrected chi connectivity index (χ2v) is 9.31. The topological polar surface area (TPSA) is 71.1 Å². The molecule has 6 heteroatoms. The largest absolute Gasteiger partial charge is 0.491 e. The van der Waals surface area contributed by atoms with Gasteiger partial charge in [-0.1, -0.05) is 113 Å². The maximum absolute atomic E-state index is 12.4. The smallest absolute Gasteiger partial charge is 0.308 e. The first-order valence-corrected chi connectivity index (χ1v) is 13.6. The first-order valence-electron chi connectivity index (χ1n) is 13.6. The van der Waals surface area contributed by atoms with Crippen LogP contribution in [0.1, 0.15) is 102 Å². The molecule has 0 N–H and O–H groups in total. The highest BCUT2D eigenvalue weighted by Crippen LogP contribution is 2.21. The van der Waals surface area contributed by atoms with Crippen LogP contribution in [-0.2, 0) is 23.8 Å². The lowest BCUT2D eigenvalue weighted by Gasteiger charge is -2.18. The zero-order valence-electron chi connectivity index (χ0n) is 22.3. The van der Waals surface area contributed by atoms with Crippen molar-refractivity contribution in [2.24, 2.45) is 11.8 Å². The standard InChI is InChI=1S/C30H44O6.4CH4/c1-4-6-7-8-9-12-17-35-30(32)25(5-2)22-24(3)29(31)36-21-19-33-18-20-34-28-16-15-26-13-10-11-14-27(26)23-28;;;;/h10-11,13-16,23-25H,4-9,12,17-22H2,1-3H3;4*1H4. The molecule has 2 atom stereocenters. The highest BCUT2D eigenvalue weighted by Gasteiger charge is 2.25. The van der Waals surface area contributed by atoms with E-state index >= 15 is 0 Å². The fourth-order valence-electron chi connectivity index (χ4n) is 4.05. The van der Waals surface area contributed by atoms with E-state index in [1.165, 1.54) is 31.1 Å². The van der Waals surface area contributed by atoms with Crippen LogP contribution in [0, 0.1) is 11.8 Å². The molecular formula is C34H60O6. The van der Waals surface area contributed by atoms with Crippen molar-refractivity contribution in [3.05, 3.63) is 42.5 Å². The van der Waals surface area contributed by atoms with E-state index in [4.69, 9.17) is 18.9 Å². The molecule has 0 heterocycles. The van der Waals surface area contributed by atoms with Crippen molar-refractivity contribution in [1.82, 2.24) is 0 Å². The lowest BCUT2D eigenvalue weighted by molar-refractivity contribution is -0.153. The minimum atomic E-state index is -0.368. The Kier molecular flexibility index (Phi) is 26.6. The van der Waals surface area contributed by atoms with Gasteiger partial charge in [-0.2, -0.15) is 0 Å². The summed E-state index contributed by atoms with van der Waals surface area (Å²) in [4.78, 5) is 24.7. The number of carbonyl (C=O) groups excluding carboxylic acids is 2. The zero-order chi connectivity index (χ0) is 26.0. The third-order valence-corrected chi connectivity index (χ3v) is 6.30. The molecule has 0 saturated carbocycles. The van der Waals surface area contributed by atoms with E-state index < -0.39 is 0 Å². The molecule has 0 spiro atoms. The minimum Gasteiger partial charge on any atom is -0.491 e. The van der Waals surface area contributed by atoms with Gasteiger partial charge < -0.3 is 18.9 Å². The number of ether oxygens (including phenoxy) is 4. The Morgan fingerprint density at radius 2 is 1.32 bits per heavy atom. The maximum atomic E-state index is 12.4. The highest BCUT2D eigenvalue weighted by atomic mass is 16.6. The lowest BCUT2D eigenvalue weighted by Crippen LogP contribution is -2.25. The van der Waals surface area contributed by atoms with Crippen LogP contribution in [0.25, 0.3) is 10.8 Å². The van der Waals surface area contributed by atoms with Crippen LogP contribution in [0.2, 0.25) is 0 Å². The predicted molar refractivity (Wildman–Crippen MR) is 170 cm³/mol. The van der Waals surface area contributed by atoms with Crippen LogP contribution < -0.4 is 4.74 Å². The molecular weight excluding hydrogens is 504 g/mol. The average molecular weight is 565 g/mol. The molecule has 0 bridgehead atoms. The maximum Gasteiger partial charge on any atom is 0.308 e. The third kappa shape index (κ3) is 16.5. The van der Waals surface area contributed by atoms with Crippen LogP contribution in [0.4, 0.5) is 0 Å². The van der Waals surface area contributed by atoms with Crippen molar-refractivity contribution in [3.8, 4) is 5.75 Å². The highest BCUT2D eigenvalue weighted by molar-refractivity contribution is 5.83. The number of unbranched alkanes of at least 4 members (excludes halogenated alkanes) is 5. The molecule has 40 heavy (non-hydrogen) atoms. The van der Waals surface area contributed by atoms with Gasteiger partial charge in [-0.05, 0) is 42.2 Å². The monoisotopic (exact) mass is 564 g/mol. The van der Waals surface area contributed by atoms with E-state index in [0.717, 1.165) is 24.0 Å². The van der Waals surface area contributed by atoms with Crippen LogP contribution in [-0.4, -0.2) is 45.0 Å². The van der Waals surface area contributed by atoms with E-state index in [9.17, 15) is 9.59 Å². The summed E-state index contributed by atoms with van der Waals surface area (Å²) in [5.41, 5.74) is 0. The quantitative estimate of drug-likeness (QED) is 0.125. The summed E-state index contributed by atoms with van der Waals surface area (Å²) in [7, 11) is 0. The van der Waals surface area contributed by atoms with Gasteiger partial charge >= 0.3 is 11.9 Å². The van der Waals surface area contributed by atoms with E-state index in [1.54, 1.807) is 6.92 Å². The SMILES string of the molecule is C.C.C.C.CCCCCCCCOC(=O)C(CC)CC(C)C(=O)OCCOCCOc1ccc2ccccc2c1. The van der Waals surface area contributed by atoms with Gasteiger partial charge in [-0.3, -0.25) is 9.59 Å². The number of carbonyl (C=O) groups is 2. The fourth-order valence-corrected chi connectivity index (χ4v) is 4.05. The average Bonchev–Trinajstić information content (AvgIpc) is 2.90. The lowest BCUT2D eigenvalue weighted by atomic mass is 9.94. The summed E-state index contributed by atoms with van der Waals surface area (Å²) < 4.78 is 22.0. The molecule has 0 fully saturated rings. The summed E-state index contributed by atoms with van der Waals surface area (Å²) in [5, 5.41) is 2.31. The van der Waals surface area contributed by atoms with Crippen molar-refractivity contribution in [3.63, 3.8) is 0 Å². The van der Waals surface area contributed by atoms with Gasteiger partial charge in [-0.25, -0.2) is 0 Å².